The Labute approximate surface area is 149 Å². The Morgan fingerprint density at radius 1 is 1.28 bits per heavy atom. The number of para-hydroxylation sites is 1. The highest BCUT2D eigenvalue weighted by Crippen LogP contribution is 2.37. The molecule has 0 atom stereocenters. The molecule has 1 aliphatic rings. The van der Waals surface area contributed by atoms with Gasteiger partial charge in [0.1, 0.15) is 16.5 Å². The van der Waals surface area contributed by atoms with Gasteiger partial charge in [0.05, 0.1) is 23.6 Å². The van der Waals surface area contributed by atoms with Crippen LogP contribution in [0.4, 0.5) is 5.69 Å². The number of benzene rings is 2. The number of nitrogens with one attached hydrogen (secondary N) is 1. The maximum absolute atomic E-state index is 11.5. The third kappa shape index (κ3) is 3.08. The second kappa shape index (κ2) is 6.57. The normalized spacial score (nSPS) is 12.9. The van der Waals surface area contributed by atoms with Crippen molar-refractivity contribution in [2.45, 2.75) is 6.92 Å². The van der Waals surface area contributed by atoms with Crippen molar-refractivity contribution in [1.82, 2.24) is 4.98 Å². The van der Waals surface area contributed by atoms with Crippen molar-refractivity contribution in [3.05, 3.63) is 47.8 Å². The molecule has 1 N–H and O–H groups in total. The van der Waals surface area contributed by atoms with Crippen LogP contribution >= 0.6 is 11.3 Å². The summed E-state index contributed by atoms with van der Waals surface area (Å²) < 4.78 is 11.1. The van der Waals surface area contributed by atoms with E-state index in [0.717, 1.165) is 27.6 Å². The predicted molar refractivity (Wildman–Crippen MR) is 98.3 cm³/mol. The van der Waals surface area contributed by atoms with Gasteiger partial charge in [0, 0.05) is 10.9 Å². The number of amides is 1. The number of nitrogens with zero attached hydrogens (tertiary/aromatic N) is 1. The molecule has 0 spiro atoms. The number of carbonyl (C=O) groups excluding carboxylic acids is 1. The molecule has 0 fully saturated rings. The Kier molecular flexibility index (Phi) is 4.11. The van der Waals surface area contributed by atoms with E-state index < -0.39 is 0 Å². The molecule has 4 rings (SSSR count). The quantitative estimate of drug-likeness (QED) is 0.764. The zero-order valence-corrected chi connectivity index (χ0v) is 14.4. The van der Waals surface area contributed by atoms with Gasteiger partial charge >= 0.3 is 0 Å². The van der Waals surface area contributed by atoms with Crippen molar-refractivity contribution >= 4 is 22.9 Å². The molecular weight excluding hydrogens is 336 g/mol. The first kappa shape index (κ1) is 15.7. The van der Waals surface area contributed by atoms with Gasteiger partial charge in [0.15, 0.2) is 6.61 Å². The van der Waals surface area contributed by atoms with Crippen molar-refractivity contribution < 1.29 is 14.3 Å². The highest BCUT2D eigenvalue weighted by Gasteiger charge is 2.17. The van der Waals surface area contributed by atoms with Crippen LogP contribution in [0.15, 0.2) is 47.8 Å². The number of ether oxygens (including phenoxy) is 2. The first-order chi connectivity index (χ1) is 12.2. The summed E-state index contributed by atoms with van der Waals surface area (Å²) in [6.07, 6.45) is 0. The summed E-state index contributed by atoms with van der Waals surface area (Å²) in [5, 5.41) is 5.73. The van der Waals surface area contributed by atoms with Crippen molar-refractivity contribution in [2.75, 3.05) is 18.5 Å². The number of fused-ring (bicyclic) bond motifs is 1. The molecule has 0 saturated heterocycles. The number of aromatic nitrogens is 1. The first-order valence-corrected chi connectivity index (χ1v) is 8.87. The van der Waals surface area contributed by atoms with Crippen molar-refractivity contribution in [3.8, 4) is 33.3 Å². The lowest BCUT2D eigenvalue weighted by molar-refractivity contribution is -0.118. The summed E-state index contributed by atoms with van der Waals surface area (Å²) in [6, 6.07) is 13.6. The van der Waals surface area contributed by atoms with E-state index in [1.165, 1.54) is 0 Å². The lowest BCUT2D eigenvalue weighted by atomic mass is 10.1. The van der Waals surface area contributed by atoms with Gasteiger partial charge in [-0.05, 0) is 37.3 Å². The highest BCUT2D eigenvalue weighted by molar-refractivity contribution is 7.13. The molecule has 2 aromatic carbocycles. The molecule has 3 aromatic rings. The molecule has 5 nitrogen and oxygen atoms in total. The average Bonchev–Trinajstić information content (AvgIpc) is 3.12. The molecular formula is C19H16N2O3S. The molecule has 0 radical (unpaired) electrons. The molecule has 1 amide bonds. The Morgan fingerprint density at radius 3 is 3.04 bits per heavy atom. The topological polar surface area (TPSA) is 60.5 Å². The molecule has 0 bridgehead atoms. The Hall–Kier alpha value is -2.86. The zero-order valence-electron chi connectivity index (χ0n) is 13.6. The fourth-order valence-corrected chi connectivity index (χ4v) is 3.56. The van der Waals surface area contributed by atoms with E-state index in [9.17, 15) is 4.79 Å². The van der Waals surface area contributed by atoms with Crippen LogP contribution in [-0.4, -0.2) is 24.1 Å². The minimum atomic E-state index is -0.144. The van der Waals surface area contributed by atoms with E-state index in [1.54, 1.807) is 11.3 Å². The third-order valence-corrected chi connectivity index (χ3v) is 4.71. The lowest BCUT2D eigenvalue weighted by Crippen LogP contribution is -2.25. The van der Waals surface area contributed by atoms with Crippen LogP contribution in [0.5, 0.6) is 11.5 Å². The first-order valence-electron chi connectivity index (χ1n) is 7.99. The van der Waals surface area contributed by atoms with Crippen LogP contribution < -0.4 is 14.8 Å². The lowest BCUT2D eigenvalue weighted by Gasteiger charge is -2.18. The standard InChI is InChI=1S/C19H16N2O3S/c1-2-23-16-6-4-3-5-13(16)19-21-15(11-25-19)12-7-8-17-14(9-12)20-18(22)10-24-17/h3-9,11H,2,10H2,1H3,(H,20,22). The minimum Gasteiger partial charge on any atom is -0.493 e. The second-order valence-corrected chi connectivity index (χ2v) is 6.37. The monoisotopic (exact) mass is 352 g/mol. The van der Waals surface area contributed by atoms with Crippen LogP contribution in [0.2, 0.25) is 0 Å². The number of thiazole rings is 1. The van der Waals surface area contributed by atoms with Gasteiger partial charge in [-0.3, -0.25) is 4.79 Å². The molecule has 2 heterocycles. The van der Waals surface area contributed by atoms with Crippen LogP contribution in [-0.2, 0) is 4.79 Å². The van der Waals surface area contributed by atoms with E-state index in [1.807, 2.05) is 54.8 Å². The number of hydrogen-bond acceptors (Lipinski definition) is 5. The molecule has 126 valence electrons. The van der Waals surface area contributed by atoms with Gasteiger partial charge in [-0.15, -0.1) is 11.3 Å². The van der Waals surface area contributed by atoms with E-state index in [2.05, 4.69) is 5.32 Å². The smallest absolute Gasteiger partial charge is 0.262 e. The summed E-state index contributed by atoms with van der Waals surface area (Å²) in [5.41, 5.74) is 3.45. The Bertz CT molecular complexity index is 936. The summed E-state index contributed by atoms with van der Waals surface area (Å²) in [5.74, 6) is 1.37. The SMILES string of the molecule is CCOc1ccccc1-c1nc(-c2ccc3c(c2)NC(=O)CO3)cs1. The van der Waals surface area contributed by atoms with E-state index >= 15 is 0 Å². The van der Waals surface area contributed by atoms with E-state index in [-0.39, 0.29) is 12.5 Å². The fourth-order valence-electron chi connectivity index (χ4n) is 2.70. The third-order valence-electron chi connectivity index (χ3n) is 3.83. The largest absolute Gasteiger partial charge is 0.493 e. The fraction of sp³-hybridized carbons (Fsp3) is 0.158. The molecule has 0 unspecified atom stereocenters. The van der Waals surface area contributed by atoms with Crippen LogP contribution in [0.1, 0.15) is 6.92 Å². The summed E-state index contributed by atoms with van der Waals surface area (Å²) >= 11 is 1.57. The number of hydrogen-bond donors (Lipinski definition) is 1. The molecule has 6 heteroatoms. The number of anilines is 1. The maximum Gasteiger partial charge on any atom is 0.262 e. The van der Waals surface area contributed by atoms with Gasteiger partial charge in [0.2, 0.25) is 0 Å². The van der Waals surface area contributed by atoms with Crippen molar-refractivity contribution in [2.24, 2.45) is 0 Å². The van der Waals surface area contributed by atoms with Gasteiger partial charge < -0.3 is 14.8 Å². The summed E-state index contributed by atoms with van der Waals surface area (Å²) in [6.45, 7) is 2.63. The molecule has 0 aliphatic carbocycles. The van der Waals surface area contributed by atoms with Gasteiger partial charge in [-0.1, -0.05) is 12.1 Å². The van der Waals surface area contributed by atoms with Gasteiger partial charge in [-0.25, -0.2) is 4.98 Å². The summed E-state index contributed by atoms with van der Waals surface area (Å²) in [7, 11) is 0. The van der Waals surface area contributed by atoms with Crippen molar-refractivity contribution in [1.29, 1.82) is 0 Å². The second-order valence-electron chi connectivity index (χ2n) is 5.51. The van der Waals surface area contributed by atoms with E-state index in [4.69, 9.17) is 14.5 Å². The van der Waals surface area contributed by atoms with Gasteiger partial charge in [0.25, 0.3) is 5.91 Å². The van der Waals surface area contributed by atoms with Crippen LogP contribution in [0.25, 0.3) is 21.8 Å². The predicted octanol–water partition coefficient (Wildman–Crippen LogP) is 4.21. The average molecular weight is 352 g/mol. The molecule has 0 saturated carbocycles. The van der Waals surface area contributed by atoms with Crippen LogP contribution in [0, 0.1) is 0 Å². The molecule has 1 aliphatic heterocycles. The Morgan fingerprint density at radius 2 is 2.16 bits per heavy atom. The van der Waals surface area contributed by atoms with E-state index in [0.29, 0.717) is 18.0 Å². The minimum absolute atomic E-state index is 0.0570. The van der Waals surface area contributed by atoms with Crippen molar-refractivity contribution in [3.63, 3.8) is 0 Å². The molecule has 1 aromatic heterocycles. The highest BCUT2D eigenvalue weighted by atomic mass is 32.1. The molecule has 25 heavy (non-hydrogen) atoms. The maximum atomic E-state index is 11.5. The van der Waals surface area contributed by atoms with Crippen LogP contribution in [0.3, 0.4) is 0 Å². The number of carbonyl (C=O) groups is 1. The van der Waals surface area contributed by atoms with Gasteiger partial charge in [-0.2, -0.15) is 0 Å². The zero-order chi connectivity index (χ0) is 17.2. The Balaban J connectivity index is 1.68. The summed E-state index contributed by atoms with van der Waals surface area (Å²) in [4.78, 5) is 16.2. The number of rotatable bonds is 4.